The number of amides is 2. The van der Waals surface area contributed by atoms with E-state index in [9.17, 15) is 9.59 Å². The van der Waals surface area contributed by atoms with Crippen LogP contribution < -0.4 is 15.5 Å². The topological polar surface area (TPSA) is 64.7 Å². The maximum Gasteiger partial charge on any atom is 0.257 e. The van der Waals surface area contributed by atoms with Crippen molar-refractivity contribution in [1.82, 2.24) is 10.2 Å². The lowest BCUT2D eigenvalue weighted by Crippen LogP contribution is -2.50. The van der Waals surface area contributed by atoms with Gasteiger partial charge in [0.2, 0.25) is 5.91 Å². The maximum absolute atomic E-state index is 12.3. The number of nitrogens with one attached hydrogen (secondary N) is 2. The molecular formula is C22H25ClN4O2S. The summed E-state index contributed by atoms with van der Waals surface area (Å²) >= 11 is 11.5. The highest BCUT2D eigenvalue weighted by Crippen LogP contribution is 2.30. The molecule has 1 aliphatic heterocycles. The van der Waals surface area contributed by atoms with E-state index in [0.717, 1.165) is 5.69 Å². The van der Waals surface area contributed by atoms with E-state index in [2.05, 4.69) is 15.5 Å². The first-order chi connectivity index (χ1) is 14.3. The summed E-state index contributed by atoms with van der Waals surface area (Å²) in [4.78, 5) is 28.7. The third-order valence-corrected chi connectivity index (χ3v) is 5.33. The second kappa shape index (κ2) is 9.91. The van der Waals surface area contributed by atoms with E-state index in [-0.39, 0.29) is 22.8 Å². The van der Waals surface area contributed by atoms with Crippen molar-refractivity contribution < 1.29 is 9.59 Å². The minimum atomic E-state index is -0.280. The second-order valence-corrected chi connectivity index (χ2v) is 8.25. The minimum Gasteiger partial charge on any atom is -0.366 e. The first-order valence-electron chi connectivity index (χ1n) is 9.86. The van der Waals surface area contributed by atoms with Crippen LogP contribution in [0.15, 0.2) is 48.5 Å². The van der Waals surface area contributed by atoms with Crippen LogP contribution in [0.25, 0.3) is 0 Å². The summed E-state index contributed by atoms with van der Waals surface area (Å²) in [5.74, 6) is -0.110. The largest absolute Gasteiger partial charge is 0.366 e. The molecule has 1 fully saturated rings. The molecule has 158 valence electrons. The van der Waals surface area contributed by atoms with Crippen LogP contribution in [-0.4, -0.2) is 48.0 Å². The fourth-order valence-electron chi connectivity index (χ4n) is 3.34. The SMILES string of the molecule is CC(C)C(=O)N1CCN(c2ccc(Cl)cc2NC(=S)NC(=O)c2ccccc2)CC1. The molecule has 2 N–H and O–H groups in total. The van der Waals surface area contributed by atoms with Gasteiger partial charge in [0.1, 0.15) is 0 Å². The molecule has 0 atom stereocenters. The molecule has 1 saturated heterocycles. The van der Waals surface area contributed by atoms with Crippen molar-refractivity contribution in [2.24, 2.45) is 5.92 Å². The highest BCUT2D eigenvalue weighted by Gasteiger charge is 2.24. The third-order valence-electron chi connectivity index (χ3n) is 4.90. The van der Waals surface area contributed by atoms with Crippen LogP contribution >= 0.6 is 23.8 Å². The molecule has 1 aliphatic rings. The van der Waals surface area contributed by atoms with Crippen LogP contribution in [0, 0.1) is 5.92 Å². The van der Waals surface area contributed by atoms with Crippen molar-refractivity contribution in [3.63, 3.8) is 0 Å². The van der Waals surface area contributed by atoms with Crippen molar-refractivity contribution in [2.45, 2.75) is 13.8 Å². The molecule has 0 bridgehead atoms. The number of hydrogen-bond donors (Lipinski definition) is 2. The standard InChI is InChI=1S/C22H25ClN4O2S/c1-15(2)21(29)27-12-10-26(11-13-27)19-9-8-17(23)14-18(19)24-22(30)25-20(28)16-6-4-3-5-7-16/h3-9,14-15H,10-13H2,1-2H3,(H2,24,25,28,30). The van der Waals surface area contributed by atoms with Gasteiger partial charge in [-0.2, -0.15) is 0 Å². The average Bonchev–Trinajstić information content (AvgIpc) is 2.74. The van der Waals surface area contributed by atoms with Gasteiger partial charge in [-0.15, -0.1) is 0 Å². The van der Waals surface area contributed by atoms with E-state index >= 15 is 0 Å². The molecule has 30 heavy (non-hydrogen) atoms. The van der Waals surface area contributed by atoms with Crippen LogP contribution in [0.3, 0.4) is 0 Å². The van der Waals surface area contributed by atoms with E-state index in [1.54, 1.807) is 30.3 Å². The summed E-state index contributed by atoms with van der Waals surface area (Å²) in [5, 5.41) is 6.55. The number of anilines is 2. The highest BCUT2D eigenvalue weighted by molar-refractivity contribution is 7.80. The molecule has 2 amide bonds. The van der Waals surface area contributed by atoms with E-state index in [4.69, 9.17) is 23.8 Å². The second-order valence-electron chi connectivity index (χ2n) is 7.40. The van der Waals surface area contributed by atoms with Crippen molar-refractivity contribution in [1.29, 1.82) is 0 Å². The molecule has 0 aromatic heterocycles. The van der Waals surface area contributed by atoms with Crippen LogP contribution in [0.1, 0.15) is 24.2 Å². The average molecular weight is 445 g/mol. The third kappa shape index (κ3) is 5.49. The van der Waals surface area contributed by atoms with Gasteiger partial charge in [-0.25, -0.2) is 0 Å². The number of rotatable bonds is 4. The number of benzene rings is 2. The molecule has 2 aromatic rings. The molecule has 0 radical (unpaired) electrons. The Morgan fingerprint density at radius 3 is 2.33 bits per heavy atom. The van der Waals surface area contributed by atoms with Gasteiger partial charge >= 0.3 is 0 Å². The fraction of sp³-hybridized carbons (Fsp3) is 0.318. The Bertz CT molecular complexity index is 928. The van der Waals surface area contributed by atoms with Crippen LogP contribution in [0.4, 0.5) is 11.4 Å². The quantitative estimate of drug-likeness (QED) is 0.703. The number of halogens is 1. The van der Waals surface area contributed by atoms with Gasteiger partial charge in [-0.3, -0.25) is 14.9 Å². The number of hydrogen-bond acceptors (Lipinski definition) is 4. The summed E-state index contributed by atoms with van der Waals surface area (Å²) in [6.07, 6.45) is 0. The van der Waals surface area contributed by atoms with Crippen molar-refractivity contribution >= 4 is 52.1 Å². The molecule has 0 spiro atoms. The molecule has 0 unspecified atom stereocenters. The zero-order valence-electron chi connectivity index (χ0n) is 17.0. The zero-order chi connectivity index (χ0) is 21.7. The number of piperazine rings is 1. The van der Waals surface area contributed by atoms with E-state index in [0.29, 0.717) is 42.5 Å². The summed E-state index contributed by atoms with van der Waals surface area (Å²) in [7, 11) is 0. The fourth-order valence-corrected chi connectivity index (χ4v) is 3.71. The maximum atomic E-state index is 12.3. The van der Waals surface area contributed by atoms with Gasteiger partial charge in [-0.05, 0) is 42.5 Å². The number of carbonyl (C=O) groups is 2. The van der Waals surface area contributed by atoms with Gasteiger partial charge in [-0.1, -0.05) is 43.6 Å². The van der Waals surface area contributed by atoms with Gasteiger partial charge in [0.15, 0.2) is 5.11 Å². The molecule has 8 heteroatoms. The molecule has 0 aliphatic carbocycles. The lowest BCUT2D eigenvalue weighted by Gasteiger charge is -2.37. The Balaban J connectivity index is 1.68. The molecule has 1 heterocycles. The molecular weight excluding hydrogens is 420 g/mol. The van der Waals surface area contributed by atoms with E-state index in [1.165, 1.54) is 0 Å². The van der Waals surface area contributed by atoms with Crippen molar-refractivity contribution in [3.8, 4) is 0 Å². The Morgan fingerprint density at radius 1 is 1.03 bits per heavy atom. The zero-order valence-corrected chi connectivity index (χ0v) is 18.6. The van der Waals surface area contributed by atoms with Crippen molar-refractivity contribution in [3.05, 3.63) is 59.1 Å². The summed E-state index contributed by atoms with van der Waals surface area (Å²) in [6.45, 7) is 6.57. The van der Waals surface area contributed by atoms with Gasteiger partial charge in [0.25, 0.3) is 5.91 Å². The van der Waals surface area contributed by atoms with E-state index < -0.39 is 0 Å². The smallest absolute Gasteiger partial charge is 0.257 e. The lowest BCUT2D eigenvalue weighted by atomic mass is 10.1. The Kier molecular flexibility index (Phi) is 7.29. The first kappa shape index (κ1) is 22.1. The molecule has 0 saturated carbocycles. The Labute approximate surface area is 187 Å². The Morgan fingerprint density at radius 2 is 1.70 bits per heavy atom. The normalized spacial score (nSPS) is 13.9. The highest BCUT2D eigenvalue weighted by atomic mass is 35.5. The van der Waals surface area contributed by atoms with Crippen LogP contribution in [0.5, 0.6) is 0 Å². The minimum absolute atomic E-state index is 0.00471. The lowest BCUT2D eigenvalue weighted by molar-refractivity contribution is -0.134. The van der Waals surface area contributed by atoms with Gasteiger partial charge < -0.3 is 15.1 Å². The van der Waals surface area contributed by atoms with Gasteiger partial charge in [0, 0.05) is 42.7 Å². The molecule has 2 aromatic carbocycles. The predicted octanol–water partition coefficient (Wildman–Crippen LogP) is 3.77. The monoisotopic (exact) mass is 444 g/mol. The number of carbonyl (C=O) groups excluding carboxylic acids is 2. The summed E-state index contributed by atoms with van der Waals surface area (Å²) < 4.78 is 0. The molecule has 6 nitrogen and oxygen atoms in total. The Hall–Kier alpha value is -2.64. The number of thiocarbonyl (C=S) groups is 1. The first-order valence-corrected chi connectivity index (χ1v) is 10.6. The van der Waals surface area contributed by atoms with Crippen molar-refractivity contribution in [2.75, 3.05) is 36.4 Å². The predicted molar refractivity (Wildman–Crippen MR) is 125 cm³/mol. The van der Waals surface area contributed by atoms with Gasteiger partial charge in [0.05, 0.1) is 11.4 Å². The van der Waals surface area contributed by atoms with Crippen LogP contribution in [0.2, 0.25) is 5.02 Å². The summed E-state index contributed by atoms with van der Waals surface area (Å²) in [5.41, 5.74) is 2.16. The van der Waals surface area contributed by atoms with Crippen LogP contribution in [-0.2, 0) is 4.79 Å². The molecule has 3 rings (SSSR count). The number of nitrogens with zero attached hydrogens (tertiary/aromatic N) is 2. The van der Waals surface area contributed by atoms with E-state index in [1.807, 2.05) is 36.9 Å². The summed E-state index contributed by atoms with van der Waals surface area (Å²) in [6, 6.07) is 14.4.